The number of imidazole rings is 1. The number of nitrogens with one attached hydrogen (secondary N) is 1. The number of pyridine rings is 1. The fourth-order valence-electron chi connectivity index (χ4n) is 4.67. The first-order valence-corrected chi connectivity index (χ1v) is 11.2. The zero-order valence-corrected chi connectivity index (χ0v) is 17.5. The number of halogens is 1. The molecular weight excluding hydrogens is 413 g/mol. The second kappa shape index (κ2) is 7.16. The molecule has 1 N–H and O–H groups in total. The monoisotopic (exact) mass is 433 g/mol. The Kier molecular flexibility index (Phi) is 4.27. The average molecular weight is 434 g/mol. The molecule has 6 rings (SSSR count). The predicted molar refractivity (Wildman–Crippen MR) is 122 cm³/mol. The molecule has 6 nitrogen and oxygen atoms in total. The van der Waals surface area contributed by atoms with Crippen molar-refractivity contribution in [2.75, 3.05) is 18.0 Å². The standard InChI is InChI=1S/C23H20FN5OS/c24-15-1-2-16-18(11-15)19-17(3-6-26-22(19)30)21-20(16)27-23(31-21)29-8-4-14(5-9-29)12-28-10-7-25-13-28/h1-3,6-7,10-11,13-14H,4-5,8-9,12H2,(H,26,30). The van der Waals surface area contributed by atoms with Gasteiger partial charge in [-0.3, -0.25) is 4.79 Å². The summed E-state index contributed by atoms with van der Waals surface area (Å²) in [6.45, 7) is 2.89. The number of thiazole rings is 1. The fraction of sp³-hybridized carbons (Fsp3) is 0.261. The highest BCUT2D eigenvalue weighted by atomic mass is 32.1. The number of H-pyrrole nitrogens is 1. The summed E-state index contributed by atoms with van der Waals surface area (Å²) < 4.78 is 17.1. The highest BCUT2D eigenvalue weighted by Gasteiger charge is 2.23. The molecule has 31 heavy (non-hydrogen) atoms. The van der Waals surface area contributed by atoms with Crippen LogP contribution in [0.5, 0.6) is 0 Å². The highest BCUT2D eigenvalue weighted by molar-refractivity contribution is 7.23. The van der Waals surface area contributed by atoms with E-state index in [4.69, 9.17) is 4.98 Å². The van der Waals surface area contributed by atoms with Gasteiger partial charge in [0, 0.05) is 54.4 Å². The van der Waals surface area contributed by atoms with Gasteiger partial charge in [0.25, 0.3) is 5.56 Å². The number of anilines is 1. The summed E-state index contributed by atoms with van der Waals surface area (Å²) in [4.78, 5) is 26.8. The Hall–Kier alpha value is -3.26. The van der Waals surface area contributed by atoms with E-state index in [-0.39, 0.29) is 11.4 Å². The molecule has 0 amide bonds. The van der Waals surface area contributed by atoms with Gasteiger partial charge in [-0.15, -0.1) is 0 Å². The van der Waals surface area contributed by atoms with Crippen LogP contribution in [0, 0.1) is 11.7 Å². The average Bonchev–Trinajstić information content (AvgIpc) is 3.44. The molecule has 1 aliphatic rings. The Bertz CT molecular complexity index is 1460. The van der Waals surface area contributed by atoms with E-state index in [1.165, 1.54) is 12.1 Å². The summed E-state index contributed by atoms with van der Waals surface area (Å²) in [5.41, 5.74) is 0.638. The van der Waals surface area contributed by atoms with E-state index in [2.05, 4.69) is 19.4 Å². The molecule has 0 atom stereocenters. The van der Waals surface area contributed by atoms with Gasteiger partial charge in [-0.2, -0.15) is 0 Å². The molecule has 2 aromatic carbocycles. The van der Waals surface area contributed by atoms with E-state index in [9.17, 15) is 9.18 Å². The van der Waals surface area contributed by atoms with E-state index in [0.717, 1.165) is 58.6 Å². The predicted octanol–water partition coefficient (Wildman–Crippen LogP) is 4.54. The van der Waals surface area contributed by atoms with Crippen LogP contribution in [0.15, 0.2) is 54.0 Å². The number of aromatic amines is 1. The van der Waals surface area contributed by atoms with E-state index in [1.54, 1.807) is 23.6 Å². The molecule has 0 spiro atoms. The molecule has 4 heterocycles. The van der Waals surface area contributed by atoms with Crippen molar-refractivity contribution in [3.63, 3.8) is 0 Å². The van der Waals surface area contributed by atoms with Gasteiger partial charge in [0.1, 0.15) is 5.82 Å². The minimum absolute atomic E-state index is 0.203. The number of benzene rings is 2. The molecule has 0 radical (unpaired) electrons. The number of fused-ring (bicyclic) bond motifs is 6. The first-order chi connectivity index (χ1) is 15.2. The molecule has 1 saturated heterocycles. The number of aromatic nitrogens is 4. The Morgan fingerprint density at radius 2 is 2.03 bits per heavy atom. The topological polar surface area (TPSA) is 66.8 Å². The third-order valence-electron chi connectivity index (χ3n) is 6.24. The minimum Gasteiger partial charge on any atom is -0.348 e. The van der Waals surface area contributed by atoms with Crippen LogP contribution in [-0.2, 0) is 6.54 Å². The molecule has 1 fully saturated rings. The SMILES string of the molecule is O=c1[nH]ccc2c3sc(N4CCC(Cn5ccnc5)CC4)nc3c3ccc(F)cc3c12. The summed E-state index contributed by atoms with van der Waals surface area (Å²) in [6.07, 6.45) is 9.56. The molecule has 1 aliphatic heterocycles. The van der Waals surface area contributed by atoms with Crippen LogP contribution in [0.2, 0.25) is 0 Å². The number of hydrogen-bond acceptors (Lipinski definition) is 5. The van der Waals surface area contributed by atoms with E-state index < -0.39 is 0 Å². The number of rotatable bonds is 3. The van der Waals surface area contributed by atoms with Gasteiger partial charge in [-0.25, -0.2) is 14.4 Å². The van der Waals surface area contributed by atoms with Crippen LogP contribution in [0.4, 0.5) is 9.52 Å². The van der Waals surface area contributed by atoms with E-state index in [1.807, 2.05) is 24.8 Å². The number of piperidine rings is 1. The molecule has 8 heteroatoms. The largest absolute Gasteiger partial charge is 0.348 e. The Balaban J connectivity index is 1.41. The highest BCUT2D eigenvalue weighted by Crippen LogP contribution is 2.40. The Labute approximate surface area is 181 Å². The third kappa shape index (κ3) is 3.09. The van der Waals surface area contributed by atoms with Crippen LogP contribution < -0.4 is 10.5 Å². The number of hydrogen-bond donors (Lipinski definition) is 1. The van der Waals surface area contributed by atoms with Crippen LogP contribution in [-0.4, -0.2) is 32.6 Å². The maximum absolute atomic E-state index is 14.0. The molecular formula is C23H20FN5OS. The quantitative estimate of drug-likeness (QED) is 0.424. The van der Waals surface area contributed by atoms with Crippen molar-refractivity contribution in [2.45, 2.75) is 19.4 Å². The van der Waals surface area contributed by atoms with E-state index >= 15 is 0 Å². The van der Waals surface area contributed by atoms with Crippen LogP contribution >= 0.6 is 11.3 Å². The van der Waals surface area contributed by atoms with Crippen LogP contribution in [0.3, 0.4) is 0 Å². The van der Waals surface area contributed by atoms with Gasteiger partial charge in [0.2, 0.25) is 0 Å². The summed E-state index contributed by atoms with van der Waals surface area (Å²) in [7, 11) is 0. The first-order valence-electron chi connectivity index (χ1n) is 10.4. The Morgan fingerprint density at radius 1 is 1.16 bits per heavy atom. The molecule has 3 aromatic heterocycles. The lowest BCUT2D eigenvalue weighted by molar-refractivity contribution is 0.357. The maximum Gasteiger partial charge on any atom is 0.256 e. The molecule has 0 bridgehead atoms. The third-order valence-corrected chi connectivity index (χ3v) is 7.39. The van der Waals surface area contributed by atoms with Crippen molar-refractivity contribution in [2.24, 2.45) is 5.92 Å². The second-order valence-electron chi connectivity index (χ2n) is 8.15. The maximum atomic E-state index is 14.0. The van der Waals surface area contributed by atoms with Gasteiger partial charge in [0.15, 0.2) is 5.13 Å². The van der Waals surface area contributed by atoms with Crippen molar-refractivity contribution in [1.82, 2.24) is 19.5 Å². The van der Waals surface area contributed by atoms with Gasteiger partial charge in [-0.1, -0.05) is 11.3 Å². The number of nitrogens with zero attached hydrogens (tertiary/aromatic N) is 4. The smallest absolute Gasteiger partial charge is 0.256 e. The van der Waals surface area contributed by atoms with Gasteiger partial charge in [0.05, 0.1) is 21.9 Å². The minimum atomic E-state index is -0.355. The van der Waals surface area contributed by atoms with Gasteiger partial charge < -0.3 is 14.5 Å². The zero-order valence-electron chi connectivity index (χ0n) is 16.7. The fourth-order valence-corrected chi connectivity index (χ4v) is 5.84. The molecule has 0 saturated carbocycles. The normalized spacial score (nSPS) is 15.5. The van der Waals surface area contributed by atoms with Crippen molar-refractivity contribution in [3.05, 3.63) is 65.4 Å². The van der Waals surface area contributed by atoms with Crippen LogP contribution in [0.1, 0.15) is 12.8 Å². The summed E-state index contributed by atoms with van der Waals surface area (Å²) in [5, 5.41) is 3.75. The van der Waals surface area contributed by atoms with Gasteiger partial charge in [-0.05, 0) is 43.0 Å². The zero-order chi connectivity index (χ0) is 20.9. The second-order valence-corrected chi connectivity index (χ2v) is 9.13. The first kappa shape index (κ1) is 18.5. The van der Waals surface area contributed by atoms with Crippen molar-refractivity contribution < 1.29 is 4.39 Å². The Morgan fingerprint density at radius 3 is 2.84 bits per heavy atom. The van der Waals surface area contributed by atoms with Crippen LogP contribution in [0.25, 0.3) is 31.8 Å². The summed E-state index contributed by atoms with van der Waals surface area (Å²) in [6, 6.07) is 6.50. The van der Waals surface area contributed by atoms with Crippen molar-refractivity contribution >= 4 is 48.2 Å². The summed E-state index contributed by atoms with van der Waals surface area (Å²) >= 11 is 1.62. The molecule has 5 aromatic rings. The molecule has 0 aliphatic carbocycles. The lowest BCUT2D eigenvalue weighted by Crippen LogP contribution is -2.34. The van der Waals surface area contributed by atoms with Crippen molar-refractivity contribution in [3.8, 4) is 0 Å². The molecule has 156 valence electrons. The lowest BCUT2D eigenvalue weighted by Gasteiger charge is -2.31. The molecule has 0 unspecified atom stereocenters. The summed E-state index contributed by atoms with van der Waals surface area (Å²) in [5.74, 6) is 0.273. The lowest BCUT2D eigenvalue weighted by atomic mass is 9.97. The van der Waals surface area contributed by atoms with Gasteiger partial charge >= 0.3 is 0 Å². The van der Waals surface area contributed by atoms with Crippen molar-refractivity contribution in [1.29, 1.82) is 0 Å². The van der Waals surface area contributed by atoms with E-state index in [0.29, 0.717) is 16.7 Å².